The zero-order chi connectivity index (χ0) is 13.1. The third-order valence-electron chi connectivity index (χ3n) is 2.18. The van der Waals surface area contributed by atoms with Crippen molar-refractivity contribution in [3.05, 3.63) is 22.9 Å². The molecule has 5 nitrogen and oxygen atoms in total. The molecule has 0 amide bonds. The van der Waals surface area contributed by atoms with E-state index in [1.807, 2.05) is 12.3 Å². The first-order valence-electron chi connectivity index (χ1n) is 5.45. The van der Waals surface area contributed by atoms with Crippen molar-refractivity contribution in [2.45, 2.75) is 19.9 Å². The van der Waals surface area contributed by atoms with Crippen LogP contribution in [0.2, 0.25) is 0 Å². The molecule has 0 saturated heterocycles. The number of pyridine rings is 1. The van der Waals surface area contributed by atoms with Gasteiger partial charge in [-0.25, -0.2) is 15.8 Å². The molecule has 0 aliphatic carbocycles. The van der Waals surface area contributed by atoms with E-state index in [2.05, 4.69) is 50.5 Å². The van der Waals surface area contributed by atoms with E-state index in [4.69, 9.17) is 5.84 Å². The first-order valence-corrected chi connectivity index (χ1v) is 7.06. The highest BCUT2D eigenvalue weighted by Crippen LogP contribution is 2.32. The van der Waals surface area contributed by atoms with Crippen molar-refractivity contribution >= 4 is 38.2 Å². The van der Waals surface area contributed by atoms with Crippen molar-refractivity contribution in [2.24, 2.45) is 5.84 Å². The number of rotatable bonds is 4. The van der Waals surface area contributed by atoms with Crippen LogP contribution < -0.4 is 16.6 Å². The van der Waals surface area contributed by atoms with Gasteiger partial charge in [0.2, 0.25) is 0 Å². The molecule has 0 fully saturated rings. The fourth-order valence-electron chi connectivity index (χ4n) is 1.40. The van der Waals surface area contributed by atoms with Crippen LogP contribution in [-0.4, -0.2) is 16.0 Å². The SMILES string of the molecule is CC(C)Nc1ncc(-c2cnc(NN)c(Br)c2)s1. The number of anilines is 2. The predicted molar refractivity (Wildman–Crippen MR) is 79.6 cm³/mol. The van der Waals surface area contributed by atoms with E-state index >= 15 is 0 Å². The van der Waals surface area contributed by atoms with E-state index in [1.54, 1.807) is 17.5 Å². The van der Waals surface area contributed by atoms with Crippen LogP contribution in [0.15, 0.2) is 22.9 Å². The Balaban J connectivity index is 2.26. The first-order chi connectivity index (χ1) is 8.60. The van der Waals surface area contributed by atoms with Crippen molar-refractivity contribution in [1.29, 1.82) is 0 Å². The van der Waals surface area contributed by atoms with E-state index < -0.39 is 0 Å². The lowest BCUT2D eigenvalue weighted by Gasteiger charge is -2.05. The number of nitrogens with one attached hydrogen (secondary N) is 2. The second-order valence-corrected chi connectivity index (χ2v) is 5.91. The topological polar surface area (TPSA) is 75.9 Å². The lowest BCUT2D eigenvalue weighted by atomic mass is 10.2. The Bertz CT molecular complexity index is 540. The molecule has 0 radical (unpaired) electrons. The molecule has 0 atom stereocenters. The first kappa shape index (κ1) is 13.3. The van der Waals surface area contributed by atoms with Crippen LogP contribution in [0.1, 0.15) is 13.8 Å². The molecule has 4 N–H and O–H groups in total. The van der Waals surface area contributed by atoms with Crippen molar-refractivity contribution in [3.63, 3.8) is 0 Å². The van der Waals surface area contributed by atoms with Gasteiger partial charge in [0.25, 0.3) is 0 Å². The summed E-state index contributed by atoms with van der Waals surface area (Å²) in [6.45, 7) is 4.17. The normalized spacial score (nSPS) is 10.7. The molecular weight excluding hydrogens is 314 g/mol. The Morgan fingerprint density at radius 2 is 2.11 bits per heavy atom. The summed E-state index contributed by atoms with van der Waals surface area (Å²) in [6, 6.07) is 2.34. The number of nitrogens with two attached hydrogens (primary N) is 1. The number of hydrogen-bond acceptors (Lipinski definition) is 6. The molecule has 0 saturated carbocycles. The maximum atomic E-state index is 5.34. The maximum absolute atomic E-state index is 5.34. The third kappa shape index (κ3) is 2.98. The summed E-state index contributed by atoms with van der Waals surface area (Å²) >= 11 is 5.02. The van der Waals surface area contributed by atoms with Gasteiger partial charge in [-0.1, -0.05) is 11.3 Å². The van der Waals surface area contributed by atoms with Gasteiger partial charge in [-0.2, -0.15) is 0 Å². The van der Waals surface area contributed by atoms with Crippen LogP contribution in [-0.2, 0) is 0 Å². The summed E-state index contributed by atoms with van der Waals surface area (Å²) in [5, 5.41) is 4.19. The Labute approximate surface area is 118 Å². The van der Waals surface area contributed by atoms with Crippen LogP contribution in [0.5, 0.6) is 0 Å². The summed E-state index contributed by atoms with van der Waals surface area (Å²) in [5.41, 5.74) is 3.53. The van der Waals surface area contributed by atoms with Crippen LogP contribution in [0.4, 0.5) is 10.9 Å². The van der Waals surface area contributed by atoms with Crippen LogP contribution in [0.3, 0.4) is 0 Å². The van der Waals surface area contributed by atoms with E-state index in [0.717, 1.165) is 20.0 Å². The number of thiazole rings is 1. The molecule has 2 aromatic heterocycles. The second-order valence-electron chi connectivity index (χ2n) is 4.03. The highest BCUT2D eigenvalue weighted by atomic mass is 79.9. The van der Waals surface area contributed by atoms with Crippen LogP contribution >= 0.6 is 27.3 Å². The number of nitrogen functional groups attached to an aromatic ring is 1. The molecule has 0 bridgehead atoms. The number of hydrogen-bond donors (Lipinski definition) is 3. The van der Waals surface area contributed by atoms with E-state index in [1.165, 1.54) is 0 Å². The van der Waals surface area contributed by atoms with E-state index in [0.29, 0.717) is 11.9 Å². The molecule has 2 heterocycles. The minimum Gasteiger partial charge on any atom is -0.359 e. The van der Waals surface area contributed by atoms with Crippen molar-refractivity contribution in [2.75, 3.05) is 10.7 Å². The average Bonchev–Trinajstić information content (AvgIpc) is 2.76. The third-order valence-corrected chi connectivity index (χ3v) is 3.76. The lowest BCUT2D eigenvalue weighted by Crippen LogP contribution is -2.08. The Morgan fingerprint density at radius 1 is 1.33 bits per heavy atom. The average molecular weight is 328 g/mol. The van der Waals surface area contributed by atoms with Gasteiger partial charge in [0.1, 0.15) is 0 Å². The standard InChI is InChI=1S/C11H14BrN5S/c1-6(2)16-11-15-5-9(18-11)7-3-8(12)10(17-13)14-4-7/h3-6H,13H2,1-2H3,(H,14,17)(H,15,16). The fourth-order valence-corrected chi connectivity index (χ4v) is 2.81. The minimum atomic E-state index is 0.373. The largest absolute Gasteiger partial charge is 0.359 e. The van der Waals surface area contributed by atoms with Crippen LogP contribution in [0.25, 0.3) is 10.4 Å². The van der Waals surface area contributed by atoms with Gasteiger partial charge in [0, 0.05) is 24.0 Å². The molecule has 0 spiro atoms. The number of aromatic nitrogens is 2. The lowest BCUT2D eigenvalue weighted by molar-refractivity contribution is 0.896. The highest BCUT2D eigenvalue weighted by molar-refractivity contribution is 9.10. The summed E-state index contributed by atoms with van der Waals surface area (Å²) in [5.74, 6) is 5.95. The highest BCUT2D eigenvalue weighted by Gasteiger charge is 2.08. The Kier molecular flexibility index (Phi) is 4.15. The maximum Gasteiger partial charge on any atom is 0.183 e. The summed E-state index contributed by atoms with van der Waals surface area (Å²) in [7, 11) is 0. The summed E-state index contributed by atoms with van der Waals surface area (Å²) in [6.07, 6.45) is 3.61. The van der Waals surface area contributed by atoms with E-state index in [-0.39, 0.29) is 0 Å². The number of hydrazine groups is 1. The zero-order valence-corrected chi connectivity index (χ0v) is 12.5. The fraction of sp³-hybridized carbons (Fsp3) is 0.273. The number of halogens is 1. The summed E-state index contributed by atoms with van der Waals surface area (Å²) < 4.78 is 0.828. The Hall–Kier alpha value is -1.18. The predicted octanol–water partition coefficient (Wildman–Crippen LogP) is 3.07. The molecule has 0 unspecified atom stereocenters. The van der Waals surface area contributed by atoms with Gasteiger partial charge in [-0.15, -0.1) is 0 Å². The van der Waals surface area contributed by atoms with Gasteiger partial charge in [-0.05, 0) is 35.8 Å². The van der Waals surface area contributed by atoms with Gasteiger partial charge in [-0.3, -0.25) is 0 Å². The van der Waals surface area contributed by atoms with Gasteiger partial charge in [0.05, 0.1) is 9.35 Å². The van der Waals surface area contributed by atoms with Crippen molar-refractivity contribution in [1.82, 2.24) is 9.97 Å². The Morgan fingerprint density at radius 3 is 2.72 bits per heavy atom. The zero-order valence-electron chi connectivity index (χ0n) is 10.1. The molecule has 2 aromatic rings. The molecular formula is C11H14BrN5S. The van der Waals surface area contributed by atoms with Crippen LogP contribution in [0, 0.1) is 0 Å². The van der Waals surface area contributed by atoms with Gasteiger partial charge in [0.15, 0.2) is 10.9 Å². The molecule has 2 rings (SSSR count). The molecule has 7 heteroatoms. The van der Waals surface area contributed by atoms with Gasteiger partial charge < -0.3 is 10.7 Å². The smallest absolute Gasteiger partial charge is 0.183 e. The quantitative estimate of drug-likeness (QED) is 0.594. The molecule has 18 heavy (non-hydrogen) atoms. The monoisotopic (exact) mass is 327 g/mol. The van der Waals surface area contributed by atoms with Crippen molar-refractivity contribution < 1.29 is 0 Å². The molecule has 96 valence electrons. The molecule has 0 aliphatic rings. The van der Waals surface area contributed by atoms with Gasteiger partial charge >= 0.3 is 0 Å². The molecule has 0 aromatic carbocycles. The number of nitrogens with zero attached hydrogens (tertiary/aromatic N) is 2. The second kappa shape index (κ2) is 5.64. The van der Waals surface area contributed by atoms with E-state index in [9.17, 15) is 0 Å². The minimum absolute atomic E-state index is 0.373. The van der Waals surface area contributed by atoms with Crippen molar-refractivity contribution in [3.8, 4) is 10.4 Å². The summed E-state index contributed by atoms with van der Waals surface area (Å²) in [4.78, 5) is 9.61. The molecule has 0 aliphatic heterocycles.